The van der Waals surface area contributed by atoms with Crippen molar-refractivity contribution >= 4 is 17.6 Å². The second kappa shape index (κ2) is 9.18. The van der Waals surface area contributed by atoms with Crippen molar-refractivity contribution in [1.82, 2.24) is 9.80 Å². The van der Waals surface area contributed by atoms with Crippen LogP contribution < -0.4 is 4.90 Å². The molecule has 5 rings (SSSR count). The van der Waals surface area contributed by atoms with E-state index >= 15 is 0 Å². The van der Waals surface area contributed by atoms with Crippen LogP contribution in [0.25, 0.3) is 0 Å². The Morgan fingerprint density at radius 1 is 0.909 bits per heavy atom. The van der Waals surface area contributed by atoms with Gasteiger partial charge in [0.1, 0.15) is 0 Å². The predicted octanol–water partition coefficient (Wildman–Crippen LogP) is 3.03. The maximum absolute atomic E-state index is 13.0. The first-order valence-electron chi connectivity index (χ1n) is 12.1. The van der Waals surface area contributed by atoms with Crippen LogP contribution in [0.2, 0.25) is 0 Å². The van der Waals surface area contributed by atoms with Gasteiger partial charge in [0.15, 0.2) is 0 Å². The molecule has 0 aromatic heterocycles. The number of carbonyl (C=O) groups is 2. The van der Waals surface area contributed by atoms with Crippen molar-refractivity contribution in [2.75, 3.05) is 57.8 Å². The fourth-order valence-corrected chi connectivity index (χ4v) is 6.00. The van der Waals surface area contributed by atoms with Crippen LogP contribution in [0.1, 0.15) is 36.3 Å². The summed E-state index contributed by atoms with van der Waals surface area (Å²) in [4.78, 5) is 32.1. The molecular weight excluding hydrogens is 414 g/mol. The normalized spacial score (nSPS) is 22.3. The molecule has 0 N–H and O–H groups in total. The number of methoxy groups -OCH3 is 1. The Morgan fingerprint density at radius 3 is 2.27 bits per heavy atom. The molecule has 1 aliphatic carbocycles. The molecule has 33 heavy (non-hydrogen) atoms. The van der Waals surface area contributed by atoms with Crippen LogP contribution >= 0.6 is 0 Å². The summed E-state index contributed by atoms with van der Waals surface area (Å²) in [6.45, 7) is 5.58. The summed E-state index contributed by atoms with van der Waals surface area (Å²) in [5, 5.41) is 0. The number of rotatable bonds is 4. The molecule has 6 heteroatoms. The maximum Gasteiger partial charge on any atom is 0.313 e. The lowest BCUT2D eigenvalue weighted by Gasteiger charge is -2.41. The van der Waals surface area contributed by atoms with Gasteiger partial charge in [-0.3, -0.25) is 14.5 Å². The number of likely N-dealkylation sites (tertiary alicyclic amines) is 1. The van der Waals surface area contributed by atoms with E-state index in [2.05, 4.69) is 52.3 Å². The minimum Gasteiger partial charge on any atom is -0.469 e. The number of fused-ring (bicyclic) bond motifs is 2. The van der Waals surface area contributed by atoms with Gasteiger partial charge in [-0.25, -0.2) is 0 Å². The van der Waals surface area contributed by atoms with E-state index < -0.39 is 0 Å². The largest absolute Gasteiger partial charge is 0.469 e. The molecule has 2 aromatic rings. The highest BCUT2D eigenvalue weighted by molar-refractivity contribution is 5.81. The van der Waals surface area contributed by atoms with Crippen molar-refractivity contribution in [3.8, 4) is 0 Å². The molecule has 0 radical (unpaired) electrons. The number of benzene rings is 2. The van der Waals surface area contributed by atoms with Crippen molar-refractivity contribution in [3.05, 3.63) is 65.7 Å². The number of esters is 1. The van der Waals surface area contributed by atoms with Gasteiger partial charge in [0, 0.05) is 31.9 Å². The summed E-state index contributed by atoms with van der Waals surface area (Å²) < 4.78 is 5.10. The molecule has 2 aliphatic heterocycles. The summed E-state index contributed by atoms with van der Waals surface area (Å²) in [6, 6.07) is 18.8. The zero-order valence-electron chi connectivity index (χ0n) is 19.4. The average molecular weight is 448 g/mol. The van der Waals surface area contributed by atoms with Crippen molar-refractivity contribution in [1.29, 1.82) is 0 Å². The monoisotopic (exact) mass is 447 g/mol. The summed E-state index contributed by atoms with van der Waals surface area (Å²) in [5.41, 5.74) is 3.69. The smallest absolute Gasteiger partial charge is 0.313 e. The van der Waals surface area contributed by atoms with Crippen LogP contribution in [0.3, 0.4) is 0 Å². The van der Waals surface area contributed by atoms with Crippen molar-refractivity contribution in [2.45, 2.75) is 30.6 Å². The van der Waals surface area contributed by atoms with Crippen LogP contribution in [-0.2, 0) is 19.7 Å². The fraction of sp³-hybridized carbons (Fsp3) is 0.481. The highest BCUT2D eigenvalue weighted by atomic mass is 16.5. The molecule has 2 aromatic carbocycles. The minimum absolute atomic E-state index is 0.0241. The van der Waals surface area contributed by atoms with Crippen LogP contribution in [0.4, 0.5) is 5.69 Å². The van der Waals surface area contributed by atoms with E-state index in [0.29, 0.717) is 6.54 Å². The van der Waals surface area contributed by atoms with E-state index in [-0.39, 0.29) is 23.2 Å². The molecule has 2 heterocycles. The summed E-state index contributed by atoms with van der Waals surface area (Å²) in [7, 11) is 1.48. The van der Waals surface area contributed by atoms with Gasteiger partial charge in [-0.1, -0.05) is 42.5 Å². The zero-order chi connectivity index (χ0) is 22.8. The van der Waals surface area contributed by atoms with Crippen LogP contribution in [-0.4, -0.2) is 74.6 Å². The van der Waals surface area contributed by atoms with E-state index in [1.54, 1.807) is 0 Å². The summed E-state index contributed by atoms with van der Waals surface area (Å²) in [6.07, 6.45) is 2.78. The number of nitrogens with zero attached hydrogens (tertiary/aromatic N) is 3. The number of para-hydroxylation sites is 1. The molecule has 2 saturated heterocycles. The first-order valence-corrected chi connectivity index (χ1v) is 12.1. The van der Waals surface area contributed by atoms with Gasteiger partial charge in [0.25, 0.3) is 0 Å². The minimum atomic E-state index is -0.166. The number of anilines is 1. The first kappa shape index (κ1) is 22.0. The maximum atomic E-state index is 13.0. The van der Waals surface area contributed by atoms with Gasteiger partial charge in [0.05, 0.1) is 19.6 Å². The third kappa shape index (κ3) is 4.24. The third-order valence-corrected chi connectivity index (χ3v) is 7.91. The van der Waals surface area contributed by atoms with E-state index in [4.69, 9.17) is 4.74 Å². The van der Waals surface area contributed by atoms with Gasteiger partial charge in [-0.05, 0) is 61.0 Å². The van der Waals surface area contributed by atoms with Gasteiger partial charge >= 0.3 is 5.97 Å². The Hall–Kier alpha value is -2.86. The molecule has 0 saturated carbocycles. The molecular formula is C27H33N3O3. The van der Waals surface area contributed by atoms with Gasteiger partial charge < -0.3 is 14.5 Å². The molecule has 1 spiro atoms. The topological polar surface area (TPSA) is 53.1 Å². The number of carbonyl (C=O) groups excluding carboxylic acids is 2. The fourth-order valence-electron chi connectivity index (χ4n) is 6.00. The number of ether oxygens (including phenoxy) is 1. The van der Waals surface area contributed by atoms with Gasteiger partial charge in [-0.2, -0.15) is 0 Å². The lowest BCUT2D eigenvalue weighted by molar-refractivity contribution is -0.142. The molecule has 174 valence electrons. The van der Waals surface area contributed by atoms with Crippen LogP contribution in [0.15, 0.2) is 54.6 Å². The SMILES string of the molecule is COC(=O)C1CC2(CCN(CC(=O)N3CCN(c4ccccc4)CC3)CC2)c2ccccc21. The van der Waals surface area contributed by atoms with E-state index in [9.17, 15) is 9.59 Å². The Bertz CT molecular complexity index is 993. The number of hydrogen-bond donors (Lipinski definition) is 0. The summed E-state index contributed by atoms with van der Waals surface area (Å²) in [5.74, 6) is -0.0650. The van der Waals surface area contributed by atoms with Gasteiger partial charge in [0.2, 0.25) is 5.91 Å². The molecule has 0 bridgehead atoms. The number of amides is 1. The quantitative estimate of drug-likeness (QED) is 0.675. The lowest BCUT2D eigenvalue weighted by Crippen LogP contribution is -2.52. The van der Waals surface area contributed by atoms with Crippen LogP contribution in [0.5, 0.6) is 0 Å². The van der Waals surface area contributed by atoms with Crippen molar-refractivity contribution in [2.24, 2.45) is 0 Å². The second-order valence-electron chi connectivity index (χ2n) is 9.63. The Labute approximate surface area is 196 Å². The Morgan fingerprint density at radius 2 is 1.58 bits per heavy atom. The summed E-state index contributed by atoms with van der Waals surface area (Å²) >= 11 is 0. The zero-order valence-corrected chi connectivity index (χ0v) is 19.4. The molecule has 2 fully saturated rings. The van der Waals surface area contributed by atoms with Crippen molar-refractivity contribution < 1.29 is 14.3 Å². The van der Waals surface area contributed by atoms with Gasteiger partial charge in [-0.15, -0.1) is 0 Å². The van der Waals surface area contributed by atoms with Crippen molar-refractivity contribution in [3.63, 3.8) is 0 Å². The van der Waals surface area contributed by atoms with E-state index in [1.165, 1.54) is 18.4 Å². The first-order chi connectivity index (χ1) is 16.1. The number of piperazine rings is 1. The number of hydrogen-bond acceptors (Lipinski definition) is 5. The molecule has 1 atom stereocenters. The van der Waals surface area contributed by atoms with E-state index in [1.807, 2.05) is 17.0 Å². The van der Waals surface area contributed by atoms with E-state index in [0.717, 1.165) is 64.1 Å². The standard InChI is InChI=1S/C27H33N3O3/c1-33-26(32)23-19-27(24-10-6-5-9-22(23)24)11-13-28(14-12-27)20-25(31)30-17-15-29(16-18-30)21-7-3-2-4-8-21/h2-10,23H,11-20H2,1H3. The molecule has 1 amide bonds. The average Bonchev–Trinajstić information content (AvgIpc) is 3.20. The predicted molar refractivity (Wildman–Crippen MR) is 128 cm³/mol. The lowest BCUT2D eigenvalue weighted by atomic mass is 9.73. The molecule has 6 nitrogen and oxygen atoms in total. The highest BCUT2D eigenvalue weighted by Crippen LogP contribution is 2.51. The third-order valence-electron chi connectivity index (χ3n) is 7.91. The second-order valence-corrected chi connectivity index (χ2v) is 9.63. The number of piperidine rings is 1. The molecule has 3 aliphatic rings. The molecule has 1 unspecified atom stereocenters. The highest BCUT2D eigenvalue weighted by Gasteiger charge is 2.48. The Kier molecular flexibility index (Phi) is 6.11. The van der Waals surface area contributed by atoms with Crippen LogP contribution in [0, 0.1) is 0 Å². The Balaban J connectivity index is 1.16.